The smallest absolute Gasteiger partial charge is 0.251 e. The second kappa shape index (κ2) is 8.89. The molecule has 1 fully saturated rings. The molecule has 9 heteroatoms. The van der Waals surface area contributed by atoms with Crippen molar-refractivity contribution in [1.82, 2.24) is 15.1 Å². The standard InChI is InChI=1S/C21H21ClFN3O4/c22-16-2-1-3-17(23)15(16)12-25-6-8-26(9-7-25)20(27)11-24-21(28)14-4-5-18-19(10-14)30-13-29-18/h1-5,10H,6-9,11-13H2,(H,24,28). The lowest BCUT2D eigenvalue weighted by atomic mass is 10.1. The van der Waals surface area contributed by atoms with Crippen LogP contribution in [0.4, 0.5) is 4.39 Å². The third-order valence-electron chi connectivity index (χ3n) is 5.20. The number of rotatable bonds is 5. The lowest BCUT2D eigenvalue weighted by Gasteiger charge is -2.35. The molecule has 0 saturated carbocycles. The van der Waals surface area contributed by atoms with Gasteiger partial charge in [0.25, 0.3) is 5.91 Å². The molecule has 1 N–H and O–H groups in total. The van der Waals surface area contributed by atoms with E-state index in [4.69, 9.17) is 21.1 Å². The Labute approximate surface area is 178 Å². The van der Waals surface area contributed by atoms with Gasteiger partial charge in [0.15, 0.2) is 11.5 Å². The highest BCUT2D eigenvalue weighted by Gasteiger charge is 2.23. The Hall–Kier alpha value is -2.84. The molecule has 0 aromatic heterocycles. The molecule has 158 valence electrons. The van der Waals surface area contributed by atoms with Gasteiger partial charge in [-0.25, -0.2) is 4.39 Å². The summed E-state index contributed by atoms with van der Waals surface area (Å²) in [5, 5.41) is 3.05. The number of benzene rings is 2. The molecule has 0 aliphatic carbocycles. The maximum absolute atomic E-state index is 14.0. The normalized spacial score (nSPS) is 15.9. The summed E-state index contributed by atoms with van der Waals surface area (Å²) in [5.41, 5.74) is 0.869. The van der Waals surface area contributed by atoms with Crippen molar-refractivity contribution in [1.29, 1.82) is 0 Å². The van der Waals surface area contributed by atoms with Crippen LogP contribution in [0.1, 0.15) is 15.9 Å². The van der Waals surface area contributed by atoms with Crippen LogP contribution in [0.3, 0.4) is 0 Å². The Bertz CT molecular complexity index is 943. The average molecular weight is 434 g/mol. The van der Waals surface area contributed by atoms with E-state index >= 15 is 0 Å². The fraction of sp³-hybridized carbons (Fsp3) is 0.333. The first kappa shape index (κ1) is 20.4. The highest BCUT2D eigenvalue weighted by Crippen LogP contribution is 2.32. The van der Waals surface area contributed by atoms with Crippen molar-refractivity contribution in [2.75, 3.05) is 39.5 Å². The summed E-state index contributed by atoms with van der Waals surface area (Å²) >= 11 is 6.09. The van der Waals surface area contributed by atoms with Crippen LogP contribution in [0.2, 0.25) is 5.02 Å². The number of fused-ring (bicyclic) bond motifs is 1. The summed E-state index contributed by atoms with van der Waals surface area (Å²) in [6, 6.07) is 9.52. The van der Waals surface area contributed by atoms with Gasteiger partial charge in [0, 0.05) is 48.9 Å². The maximum atomic E-state index is 14.0. The summed E-state index contributed by atoms with van der Waals surface area (Å²) in [6.07, 6.45) is 0. The summed E-state index contributed by atoms with van der Waals surface area (Å²) in [4.78, 5) is 28.5. The monoisotopic (exact) mass is 433 g/mol. The molecule has 4 rings (SSSR count). The van der Waals surface area contributed by atoms with Gasteiger partial charge in [0.05, 0.1) is 6.54 Å². The van der Waals surface area contributed by atoms with Crippen LogP contribution in [0.25, 0.3) is 0 Å². The van der Waals surface area contributed by atoms with Gasteiger partial charge in [-0.1, -0.05) is 17.7 Å². The lowest BCUT2D eigenvalue weighted by molar-refractivity contribution is -0.131. The number of halogens is 2. The van der Waals surface area contributed by atoms with E-state index in [1.165, 1.54) is 6.07 Å². The zero-order valence-electron chi connectivity index (χ0n) is 16.2. The number of nitrogens with one attached hydrogen (secondary N) is 1. The molecule has 0 atom stereocenters. The van der Waals surface area contributed by atoms with Crippen molar-refractivity contribution in [3.05, 3.63) is 58.4 Å². The van der Waals surface area contributed by atoms with Gasteiger partial charge in [-0.2, -0.15) is 0 Å². The van der Waals surface area contributed by atoms with Crippen LogP contribution in [-0.4, -0.2) is 61.1 Å². The summed E-state index contributed by atoms with van der Waals surface area (Å²) in [7, 11) is 0. The molecule has 0 bridgehead atoms. The number of amides is 2. The van der Waals surface area contributed by atoms with E-state index in [0.29, 0.717) is 60.4 Å². The average Bonchev–Trinajstić information content (AvgIpc) is 3.23. The van der Waals surface area contributed by atoms with Gasteiger partial charge >= 0.3 is 0 Å². The molecule has 2 aliphatic rings. The van der Waals surface area contributed by atoms with E-state index in [2.05, 4.69) is 10.2 Å². The van der Waals surface area contributed by atoms with Gasteiger partial charge < -0.3 is 19.7 Å². The SMILES string of the molecule is O=C(NCC(=O)N1CCN(Cc2c(F)cccc2Cl)CC1)c1ccc2c(c1)OCO2. The Balaban J connectivity index is 1.25. The number of ether oxygens (including phenoxy) is 2. The molecule has 0 spiro atoms. The molecule has 1 saturated heterocycles. The minimum absolute atomic E-state index is 0.0909. The summed E-state index contributed by atoms with van der Waals surface area (Å²) in [6.45, 7) is 2.66. The van der Waals surface area contributed by atoms with E-state index in [1.807, 2.05) is 0 Å². The third kappa shape index (κ3) is 4.49. The van der Waals surface area contributed by atoms with Crippen LogP contribution in [0.5, 0.6) is 11.5 Å². The van der Waals surface area contributed by atoms with Crippen molar-refractivity contribution in [3.8, 4) is 11.5 Å². The molecular formula is C21H21ClFN3O4. The fourth-order valence-electron chi connectivity index (χ4n) is 3.47. The van der Waals surface area contributed by atoms with E-state index in [9.17, 15) is 14.0 Å². The minimum atomic E-state index is -0.352. The largest absolute Gasteiger partial charge is 0.454 e. The van der Waals surface area contributed by atoms with Crippen LogP contribution in [0.15, 0.2) is 36.4 Å². The Morgan fingerprint density at radius 3 is 2.60 bits per heavy atom. The number of carbonyl (C=O) groups is 2. The number of piperazine rings is 1. The number of hydrogen-bond acceptors (Lipinski definition) is 5. The fourth-order valence-corrected chi connectivity index (χ4v) is 3.69. The van der Waals surface area contributed by atoms with E-state index in [-0.39, 0.29) is 31.0 Å². The molecule has 30 heavy (non-hydrogen) atoms. The van der Waals surface area contributed by atoms with Crippen LogP contribution < -0.4 is 14.8 Å². The second-order valence-corrected chi connectivity index (χ2v) is 7.52. The van der Waals surface area contributed by atoms with Gasteiger partial charge in [-0.05, 0) is 30.3 Å². The third-order valence-corrected chi connectivity index (χ3v) is 5.56. The Kier molecular flexibility index (Phi) is 6.06. The first-order valence-electron chi connectivity index (χ1n) is 9.62. The summed E-state index contributed by atoms with van der Waals surface area (Å²) < 4.78 is 24.5. The van der Waals surface area contributed by atoms with Crippen LogP contribution in [0, 0.1) is 5.82 Å². The van der Waals surface area contributed by atoms with Crippen LogP contribution in [-0.2, 0) is 11.3 Å². The molecule has 0 unspecified atom stereocenters. The molecule has 2 heterocycles. The van der Waals surface area contributed by atoms with E-state index in [1.54, 1.807) is 35.2 Å². The quantitative estimate of drug-likeness (QED) is 0.783. The van der Waals surface area contributed by atoms with Crippen LogP contribution >= 0.6 is 11.6 Å². The predicted molar refractivity (Wildman–Crippen MR) is 108 cm³/mol. The molecular weight excluding hydrogens is 413 g/mol. The topological polar surface area (TPSA) is 71.1 Å². The maximum Gasteiger partial charge on any atom is 0.251 e. The molecule has 2 amide bonds. The van der Waals surface area contributed by atoms with Crippen molar-refractivity contribution in [3.63, 3.8) is 0 Å². The highest BCUT2D eigenvalue weighted by molar-refractivity contribution is 6.31. The number of nitrogens with zero attached hydrogens (tertiary/aromatic N) is 2. The highest BCUT2D eigenvalue weighted by atomic mass is 35.5. The van der Waals surface area contributed by atoms with Gasteiger partial charge in [0.1, 0.15) is 5.82 Å². The number of hydrogen-bond donors (Lipinski definition) is 1. The molecule has 2 aromatic carbocycles. The minimum Gasteiger partial charge on any atom is -0.454 e. The predicted octanol–water partition coefficient (Wildman–Crippen LogP) is 2.28. The van der Waals surface area contributed by atoms with E-state index in [0.717, 1.165) is 0 Å². The van der Waals surface area contributed by atoms with Crippen molar-refractivity contribution in [2.45, 2.75) is 6.54 Å². The second-order valence-electron chi connectivity index (χ2n) is 7.11. The first-order chi connectivity index (χ1) is 14.5. The zero-order chi connectivity index (χ0) is 21.1. The molecule has 2 aliphatic heterocycles. The van der Waals surface area contributed by atoms with Crippen molar-refractivity contribution >= 4 is 23.4 Å². The Morgan fingerprint density at radius 1 is 1.07 bits per heavy atom. The number of carbonyl (C=O) groups excluding carboxylic acids is 2. The zero-order valence-corrected chi connectivity index (χ0v) is 17.0. The molecule has 0 radical (unpaired) electrons. The van der Waals surface area contributed by atoms with Crippen molar-refractivity contribution < 1.29 is 23.5 Å². The first-order valence-corrected chi connectivity index (χ1v) is 10.00. The summed E-state index contributed by atoms with van der Waals surface area (Å²) in [5.74, 6) is 0.270. The lowest BCUT2D eigenvalue weighted by Crippen LogP contribution is -2.50. The Morgan fingerprint density at radius 2 is 1.83 bits per heavy atom. The van der Waals surface area contributed by atoms with E-state index < -0.39 is 0 Å². The molecule has 7 nitrogen and oxygen atoms in total. The van der Waals surface area contributed by atoms with Gasteiger partial charge in [-0.3, -0.25) is 14.5 Å². The van der Waals surface area contributed by atoms with Crippen molar-refractivity contribution in [2.24, 2.45) is 0 Å². The molecule has 2 aromatic rings. The van der Waals surface area contributed by atoms with Gasteiger partial charge in [0.2, 0.25) is 12.7 Å². The van der Waals surface area contributed by atoms with Gasteiger partial charge in [-0.15, -0.1) is 0 Å².